The van der Waals surface area contributed by atoms with E-state index in [9.17, 15) is 0 Å². The van der Waals surface area contributed by atoms with Gasteiger partial charge in [0.05, 0.1) is 16.4 Å². The second kappa shape index (κ2) is 9.72. The fourth-order valence-electron chi connectivity index (χ4n) is 5.02. The molecule has 1 fully saturated rings. The Morgan fingerprint density at radius 1 is 1.08 bits per heavy atom. The van der Waals surface area contributed by atoms with Gasteiger partial charge in [-0.1, -0.05) is 30.3 Å². The summed E-state index contributed by atoms with van der Waals surface area (Å²) >= 11 is 1.68. The molecular formula is C28H31N7OS. The number of aromatic nitrogens is 6. The van der Waals surface area contributed by atoms with Gasteiger partial charge in [0, 0.05) is 57.4 Å². The summed E-state index contributed by atoms with van der Waals surface area (Å²) in [7, 11) is 3.78. The summed E-state index contributed by atoms with van der Waals surface area (Å²) in [6, 6.07) is 12.9. The Morgan fingerprint density at radius 3 is 2.62 bits per heavy atom. The Labute approximate surface area is 220 Å². The zero-order chi connectivity index (χ0) is 25.5. The lowest BCUT2D eigenvalue weighted by Crippen LogP contribution is -2.39. The highest BCUT2D eigenvalue weighted by Crippen LogP contribution is 2.47. The smallest absolute Gasteiger partial charge is 0.199 e. The molecule has 1 saturated heterocycles. The van der Waals surface area contributed by atoms with Crippen molar-refractivity contribution in [1.82, 2.24) is 29.3 Å². The van der Waals surface area contributed by atoms with Crippen LogP contribution in [0.2, 0.25) is 0 Å². The van der Waals surface area contributed by atoms with Crippen LogP contribution in [0, 0.1) is 0 Å². The van der Waals surface area contributed by atoms with Gasteiger partial charge in [-0.2, -0.15) is 5.10 Å². The number of imidazole rings is 1. The molecule has 0 spiro atoms. The molecule has 37 heavy (non-hydrogen) atoms. The second-order valence-electron chi connectivity index (χ2n) is 9.81. The van der Waals surface area contributed by atoms with Gasteiger partial charge in [-0.3, -0.25) is 4.68 Å². The molecule has 4 aromatic heterocycles. The molecule has 6 rings (SSSR count). The van der Waals surface area contributed by atoms with Gasteiger partial charge in [0.1, 0.15) is 16.3 Å². The van der Waals surface area contributed by atoms with E-state index < -0.39 is 0 Å². The van der Waals surface area contributed by atoms with Crippen LogP contribution in [0.25, 0.3) is 43.6 Å². The van der Waals surface area contributed by atoms with Gasteiger partial charge in [-0.05, 0) is 38.3 Å². The predicted molar refractivity (Wildman–Crippen MR) is 149 cm³/mol. The molecule has 5 heterocycles. The van der Waals surface area contributed by atoms with E-state index in [1.807, 2.05) is 22.5 Å². The number of fused-ring (bicyclic) bond motifs is 1. The van der Waals surface area contributed by atoms with Crippen molar-refractivity contribution < 1.29 is 4.74 Å². The molecule has 9 heteroatoms. The standard InChI is InChI=1S/C28H31N7OS/c1-18(2)35-15-12-21(32-35)24-22(19-9-6-5-7-10-19)23-26(34-14-8-11-20(17-34)36-4)30-25(31-28(23)37-24)27-29-13-16-33(27)3/h5-7,9-10,12-13,15-16,18,20H,8,11,14,17H2,1-4H3. The number of anilines is 1. The summed E-state index contributed by atoms with van der Waals surface area (Å²) in [6.07, 6.45) is 8.06. The van der Waals surface area contributed by atoms with Gasteiger partial charge < -0.3 is 14.2 Å². The van der Waals surface area contributed by atoms with Crippen molar-refractivity contribution in [2.24, 2.45) is 7.05 Å². The van der Waals surface area contributed by atoms with Crippen molar-refractivity contribution in [2.75, 3.05) is 25.1 Å². The van der Waals surface area contributed by atoms with Gasteiger partial charge in [0.25, 0.3) is 0 Å². The van der Waals surface area contributed by atoms with Crippen LogP contribution in [0.5, 0.6) is 0 Å². The third-order valence-corrected chi connectivity index (χ3v) is 8.10. The number of piperidine rings is 1. The molecule has 1 aliphatic heterocycles. The van der Waals surface area contributed by atoms with Gasteiger partial charge in [-0.25, -0.2) is 15.0 Å². The predicted octanol–water partition coefficient (Wildman–Crippen LogP) is 5.82. The fourth-order valence-corrected chi connectivity index (χ4v) is 6.18. The molecule has 1 atom stereocenters. The number of hydrogen-bond donors (Lipinski definition) is 0. The Hall–Kier alpha value is -3.56. The van der Waals surface area contributed by atoms with E-state index in [4.69, 9.17) is 19.8 Å². The van der Waals surface area contributed by atoms with Crippen molar-refractivity contribution in [3.05, 3.63) is 55.0 Å². The van der Waals surface area contributed by atoms with E-state index in [1.54, 1.807) is 24.6 Å². The average Bonchev–Trinajstić information content (AvgIpc) is 3.66. The number of rotatable bonds is 6. The summed E-state index contributed by atoms with van der Waals surface area (Å²) in [5, 5.41) is 6.01. The lowest BCUT2D eigenvalue weighted by molar-refractivity contribution is 0.0892. The van der Waals surface area contributed by atoms with Gasteiger partial charge in [0.15, 0.2) is 11.6 Å². The molecule has 0 amide bonds. The van der Waals surface area contributed by atoms with Crippen LogP contribution in [0.1, 0.15) is 32.7 Å². The molecule has 1 aromatic carbocycles. The minimum atomic E-state index is 0.176. The van der Waals surface area contributed by atoms with Crippen LogP contribution < -0.4 is 4.90 Å². The molecule has 0 saturated carbocycles. The number of aryl methyl sites for hydroxylation is 1. The van der Waals surface area contributed by atoms with Crippen LogP contribution in [-0.2, 0) is 11.8 Å². The SMILES string of the molecule is COC1CCCN(c2nc(-c3nccn3C)nc3sc(-c4ccn(C(C)C)n4)c(-c4ccccc4)c23)C1. The van der Waals surface area contributed by atoms with Crippen molar-refractivity contribution in [3.8, 4) is 33.3 Å². The maximum atomic E-state index is 5.78. The largest absolute Gasteiger partial charge is 0.380 e. The molecule has 8 nitrogen and oxygen atoms in total. The number of nitrogens with zero attached hydrogens (tertiary/aromatic N) is 7. The first-order chi connectivity index (χ1) is 18.0. The Balaban J connectivity index is 1.65. The zero-order valence-corrected chi connectivity index (χ0v) is 22.4. The summed E-state index contributed by atoms with van der Waals surface area (Å²) in [6.45, 7) is 6.01. The average molecular weight is 514 g/mol. The normalized spacial score (nSPS) is 16.2. The van der Waals surface area contributed by atoms with Gasteiger partial charge >= 0.3 is 0 Å². The number of thiophene rings is 1. The van der Waals surface area contributed by atoms with Crippen molar-refractivity contribution in [2.45, 2.75) is 38.8 Å². The quantitative estimate of drug-likeness (QED) is 0.285. The summed E-state index contributed by atoms with van der Waals surface area (Å²) in [5.41, 5.74) is 3.22. The molecule has 1 unspecified atom stereocenters. The molecular weight excluding hydrogens is 482 g/mol. The van der Waals surface area contributed by atoms with E-state index in [0.717, 1.165) is 69.5 Å². The van der Waals surface area contributed by atoms with Gasteiger partial charge in [0.2, 0.25) is 0 Å². The first-order valence-corrected chi connectivity index (χ1v) is 13.6. The van der Waals surface area contributed by atoms with Crippen molar-refractivity contribution >= 4 is 27.4 Å². The first-order valence-electron chi connectivity index (χ1n) is 12.7. The number of benzene rings is 1. The maximum Gasteiger partial charge on any atom is 0.199 e. The summed E-state index contributed by atoms with van der Waals surface area (Å²) in [4.78, 5) is 19.2. The van der Waals surface area contributed by atoms with E-state index in [2.05, 4.69) is 66.3 Å². The highest BCUT2D eigenvalue weighted by molar-refractivity contribution is 7.22. The zero-order valence-electron chi connectivity index (χ0n) is 21.6. The molecule has 0 N–H and O–H groups in total. The van der Waals surface area contributed by atoms with Crippen LogP contribution >= 0.6 is 11.3 Å². The number of hydrogen-bond acceptors (Lipinski definition) is 7. The topological polar surface area (TPSA) is 73.9 Å². The monoisotopic (exact) mass is 513 g/mol. The van der Waals surface area contributed by atoms with Crippen molar-refractivity contribution in [1.29, 1.82) is 0 Å². The van der Waals surface area contributed by atoms with Crippen LogP contribution in [-0.4, -0.2) is 55.6 Å². The minimum absolute atomic E-state index is 0.176. The second-order valence-corrected chi connectivity index (χ2v) is 10.8. The Kier molecular flexibility index (Phi) is 6.26. The summed E-state index contributed by atoms with van der Waals surface area (Å²) in [5.74, 6) is 2.33. The third-order valence-electron chi connectivity index (χ3n) is 7.00. The number of methoxy groups -OCH3 is 1. The van der Waals surface area contributed by atoms with Crippen LogP contribution in [0.15, 0.2) is 55.0 Å². The van der Waals surface area contributed by atoms with Crippen LogP contribution in [0.4, 0.5) is 5.82 Å². The fraction of sp³-hybridized carbons (Fsp3) is 0.357. The van der Waals surface area contributed by atoms with E-state index in [1.165, 1.54) is 0 Å². The minimum Gasteiger partial charge on any atom is -0.380 e. The van der Waals surface area contributed by atoms with Gasteiger partial charge in [-0.15, -0.1) is 11.3 Å². The van der Waals surface area contributed by atoms with Crippen LogP contribution in [0.3, 0.4) is 0 Å². The third kappa shape index (κ3) is 4.32. The van der Waals surface area contributed by atoms with E-state index in [0.29, 0.717) is 5.82 Å². The highest BCUT2D eigenvalue weighted by atomic mass is 32.1. The lowest BCUT2D eigenvalue weighted by Gasteiger charge is -2.33. The van der Waals surface area contributed by atoms with E-state index >= 15 is 0 Å². The molecule has 1 aliphatic rings. The van der Waals surface area contributed by atoms with Crippen molar-refractivity contribution in [3.63, 3.8) is 0 Å². The molecule has 0 aliphatic carbocycles. The summed E-state index contributed by atoms with van der Waals surface area (Å²) < 4.78 is 9.76. The Bertz CT molecular complexity index is 1530. The Morgan fingerprint density at radius 2 is 1.92 bits per heavy atom. The highest BCUT2D eigenvalue weighted by Gasteiger charge is 2.29. The molecule has 190 valence electrons. The molecule has 5 aromatic rings. The van der Waals surface area contributed by atoms with E-state index in [-0.39, 0.29) is 12.1 Å². The molecule has 0 radical (unpaired) electrons. The lowest BCUT2D eigenvalue weighted by atomic mass is 10.0. The molecule has 0 bridgehead atoms. The maximum absolute atomic E-state index is 5.78. The first kappa shape index (κ1) is 23.8. The number of ether oxygens (including phenoxy) is 1.